The minimum absolute atomic E-state index is 0.171. The fraction of sp³-hybridized carbons (Fsp3) is 0.500. The normalized spacial score (nSPS) is 14.2. The maximum Gasteiger partial charge on any atom is 0.297 e. The van der Waals surface area contributed by atoms with Gasteiger partial charge in [0.15, 0.2) is 0 Å². The second-order valence-corrected chi connectivity index (χ2v) is 11.5. The molecule has 2 unspecified atom stereocenters. The average Bonchev–Trinajstić information content (AvgIpc) is 2.70. The molecule has 0 spiro atoms. The lowest BCUT2D eigenvalue weighted by atomic mass is 10.1. The highest BCUT2D eigenvalue weighted by Crippen LogP contribution is 2.20. The molecule has 0 aliphatic heterocycles. The number of benzene rings is 2. The Morgan fingerprint density at radius 3 is 1.22 bits per heavy atom. The van der Waals surface area contributed by atoms with Gasteiger partial charge in [0.2, 0.25) is 0 Å². The first-order chi connectivity index (χ1) is 15.0. The largest absolute Gasteiger partial charge is 0.297 e. The Kier molecular flexibility index (Phi) is 9.88. The van der Waals surface area contributed by atoms with Crippen LogP contribution in [0.5, 0.6) is 0 Å². The molecule has 2 aromatic rings. The summed E-state index contributed by atoms with van der Waals surface area (Å²) in [6.07, 6.45) is 3.97. The first kappa shape index (κ1) is 26.5. The van der Waals surface area contributed by atoms with Gasteiger partial charge in [-0.2, -0.15) is 16.8 Å². The smallest absolute Gasteiger partial charge is 0.263 e. The lowest BCUT2D eigenvalue weighted by molar-refractivity contribution is 0.207. The molecule has 2 atom stereocenters. The third-order valence-corrected chi connectivity index (χ3v) is 8.04. The summed E-state index contributed by atoms with van der Waals surface area (Å²) in [6, 6.07) is 13.2. The van der Waals surface area contributed by atoms with Gasteiger partial charge in [-0.15, -0.1) is 0 Å². The van der Waals surface area contributed by atoms with Crippen LogP contribution in [0, 0.1) is 13.8 Å². The van der Waals surface area contributed by atoms with Crippen molar-refractivity contribution in [2.45, 2.75) is 88.2 Å². The molecular formula is C24H34O6S2. The SMILES string of the molecule is Cc1ccc(S(=O)(=O)OC(C)CCCCCCC(C)OS(=O)(=O)c2ccc(C)cc2)cc1. The molecule has 2 rings (SSSR count). The lowest BCUT2D eigenvalue weighted by Gasteiger charge is -2.14. The minimum Gasteiger partial charge on any atom is -0.263 e. The van der Waals surface area contributed by atoms with Crippen LogP contribution in [0.3, 0.4) is 0 Å². The van der Waals surface area contributed by atoms with Crippen molar-refractivity contribution in [3.8, 4) is 0 Å². The van der Waals surface area contributed by atoms with Crippen LogP contribution in [0.1, 0.15) is 63.5 Å². The highest BCUT2D eigenvalue weighted by molar-refractivity contribution is 7.87. The predicted octanol–water partition coefficient (Wildman–Crippen LogP) is 5.53. The molecule has 0 saturated heterocycles. The summed E-state index contributed by atoms with van der Waals surface area (Å²) in [7, 11) is -7.50. The molecule has 0 radical (unpaired) electrons. The summed E-state index contributed by atoms with van der Waals surface area (Å²) in [5.74, 6) is 0. The molecule has 8 heteroatoms. The van der Waals surface area contributed by atoms with Gasteiger partial charge in [0, 0.05) is 0 Å². The van der Waals surface area contributed by atoms with Crippen LogP contribution in [0.2, 0.25) is 0 Å². The summed E-state index contributed by atoms with van der Waals surface area (Å²) in [5.41, 5.74) is 1.98. The van der Waals surface area contributed by atoms with Gasteiger partial charge in [0.05, 0.1) is 22.0 Å². The molecule has 0 fully saturated rings. The molecule has 32 heavy (non-hydrogen) atoms. The molecule has 0 N–H and O–H groups in total. The van der Waals surface area contributed by atoms with Gasteiger partial charge in [-0.1, -0.05) is 61.1 Å². The summed E-state index contributed by atoms with van der Waals surface area (Å²) in [6.45, 7) is 7.32. The maximum absolute atomic E-state index is 12.3. The van der Waals surface area contributed by atoms with E-state index >= 15 is 0 Å². The predicted molar refractivity (Wildman–Crippen MR) is 126 cm³/mol. The standard InChI is InChI=1S/C24H34O6S2/c1-19-11-15-23(16-12-19)31(25,26)29-21(3)9-7-5-6-8-10-22(4)30-32(27,28)24-17-13-20(2)14-18-24/h11-18,21-22H,5-10H2,1-4H3. The van der Waals surface area contributed by atoms with Crippen molar-refractivity contribution in [3.63, 3.8) is 0 Å². The Morgan fingerprint density at radius 2 is 0.906 bits per heavy atom. The van der Waals surface area contributed by atoms with Gasteiger partial charge in [-0.3, -0.25) is 8.37 Å². The molecule has 0 aliphatic rings. The average molecular weight is 483 g/mol. The van der Waals surface area contributed by atoms with Crippen LogP contribution in [-0.2, 0) is 28.6 Å². The van der Waals surface area contributed by atoms with Gasteiger partial charge in [-0.05, 0) is 64.8 Å². The van der Waals surface area contributed by atoms with E-state index in [0.29, 0.717) is 12.8 Å². The second-order valence-electron chi connectivity index (χ2n) is 8.34. The quantitative estimate of drug-likeness (QED) is 0.275. The van der Waals surface area contributed by atoms with Crippen molar-refractivity contribution >= 4 is 20.2 Å². The summed E-state index contributed by atoms with van der Waals surface area (Å²) in [5, 5.41) is 0. The van der Waals surface area contributed by atoms with Gasteiger partial charge < -0.3 is 0 Å². The van der Waals surface area contributed by atoms with Crippen molar-refractivity contribution in [3.05, 3.63) is 59.7 Å². The van der Waals surface area contributed by atoms with Gasteiger partial charge in [-0.25, -0.2) is 0 Å². The Morgan fingerprint density at radius 1 is 0.594 bits per heavy atom. The molecule has 0 heterocycles. The van der Waals surface area contributed by atoms with E-state index in [1.807, 2.05) is 13.8 Å². The Balaban J connectivity index is 1.65. The van der Waals surface area contributed by atoms with E-state index in [1.165, 1.54) is 0 Å². The maximum atomic E-state index is 12.3. The molecule has 0 aliphatic carbocycles. The molecule has 0 bridgehead atoms. The van der Waals surface area contributed by atoms with E-state index in [4.69, 9.17) is 8.37 Å². The number of aryl methyl sites for hydroxylation is 2. The van der Waals surface area contributed by atoms with Crippen molar-refractivity contribution in [1.29, 1.82) is 0 Å². The van der Waals surface area contributed by atoms with E-state index < -0.39 is 32.4 Å². The highest BCUT2D eigenvalue weighted by atomic mass is 32.2. The topological polar surface area (TPSA) is 86.7 Å². The molecule has 0 saturated carbocycles. The van der Waals surface area contributed by atoms with Crippen molar-refractivity contribution in [1.82, 2.24) is 0 Å². The van der Waals surface area contributed by atoms with Crippen molar-refractivity contribution < 1.29 is 25.2 Å². The monoisotopic (exact) mass is 482 g/mol. The number of hydrogen-bond donors (Lipinski definition) is 0. The van der Waals surface area contributed by atoms with Crippen LogP contribution >= 0.6 is 0 Å². The molecule has 6 nitrogen and oxygen atoms in total. The van der Waals surface area contributed by atoms with E-state index in [9.17, 15) is 16.8 Å². The zero-order valence-corrected chi connectivity index (χ0v) is 20.9. The number of rotatable bonds is 13. The number of unbranched alkanes of at least 4 members (excludes halogenated alkanes) is 3. The van der Waals surface area contributed by atoms with Crippen molar-refractivity contribution in [2.75, 3.05) is 0 Å². The second kappa shape index (κ2) is 11.9. The summed E-state index contributed by atoms with van der Waals surface area (Å²) >= 11 is 0. The zero-order chi connectivity index (χ0) is 23.8. The zero-order valence-electron chi connectivity index (χ0n) is 19.3. The first-order valence-electron chi connectivity index (χ1n) is 11.0. The Hall–Kier alpha value is -1.74. The van der Waals surface area contributed by atoms with Gasteiger partial charge >= 0.3 is 0 Å². The van der Waals surface area contributed by atoms with Crippen LogP contribution in [-0.4, -0.2) is 29.0 Å². The molecule has 0 aromatic heterocycles. The Labute approximate surface area is 193 Å². The lowest BCUT2D eigenvalue weighted by Crippen LogP contribution is -2.16. The molecular weight excluding hydrogens is 448 g/mol. The van der Waals surface area contributed by atoms with Crippen molar-refractivity contribution in [2.24, 2.45) is 0 Å². The summed E-state index contributed by atoms with van der Waals surface area (Å²) in [4.78, 5) is 0.342. The third-order valence-electron chi connectivity index (χ3n) is 5.17. The van der Waals surface area contributed by atoms with Crippen LogP contribution in [0.4, 0.5) is 0 Å². The number of hydrogen-bond acceptors (Lipinski definition) is 6. The van der Waals surface area contributed by atoms with Crippen LogP contribution in [0.15, 0.2) is 58.3 Å². The van der Waals surface area contributed by atoms with Gasteiger partial charge in [0.1, 0.15) is 0 Å². The van der Waals surface area contributed by atoms with E-state index in [2.05, 4.69) is 0 Å². The minimum atomic E-state index is -3.75. The highest BCUT2D eigenvalue weighted by Gasteiger charge is 2.20. The van der Waals surface area contributed by atoms with Crippen LogP contribution in [0.25, 0.3) is 0 Å². The third kappa shape index (κ3) is 8.65. The molecule has 2 aromatic carbocycles. The first-order valence-corrected chi connectivity index (χ1v) is 13.8. The van der Waals surface area contributed by atoms with Gasteiger partial charge in [0.25, 0.3) is 20.2 Å². The Bertz CT molecular complexity index is 955. The summed E-state index contributed by atoms with van der Waals surface area (Å²) < 4.78 is 59.8. The van der Waals surface area contributed by atoms with Crippen LogP contribution < -0.4 is 0 Å². The fourth-order valence-electron chi connectivity index (χ4n) is 3.27. The van der Waals surface area contributed by atoms with E-state index in [1.54, 1.807) is 62.4 Å². The molecule has 0 amide bonds. The van der Waals surface area contributed by atoms with E-state index in [0.717, 1.165) is 36.8 Å². The van der Waals surface area contributed by atoms with E-state index in [-0.39, 0.29) is 9.79 Å². The fourth-order valence-corrected chi connectivity index (χ4v) is 5.49. The molecule has 178 valence electrons.